The summed E-state index contributed by atoms with van der Waals surface area (Å²) in [7, 11) is 0. The predicted octanol–water partition coefficient (Wildman–Crippen LogP) is 4.60. The molecule has 2 aromatic rings. The highest BCUT2D eigenvalue weighted by Gasteiger charge is 2.43. The van der Waals surface area contributed by atoms with E-state index in [1.807, 2.05) is 30.3 Å². The third-order valence-corrected chi connectivity index (χ3v) is 6.67. The van der Waals surface area contributed by atoms with Crippen LogP contribution in [0.3, 0.4) is 0 Å². The van der Waals surface area contributed by atoms with Gasteiger partial charge in [-0.15, -0.1) is 0 Å². The summed E-state index contributed by atoms with van der Waals surface area (Å²) in [5.74, 6) is 0.883. The second-order valence-corrected chi connectivity index (χ2v) is 8.79. The molecule has 1 N–H and O–H groups in total. The molecule has 4 rings (SSSR count). The van der Waals surface area contributed by atoms with Gasteiger partial charge in [-0.2, -0.15) is 11.8 Å². The summed E-state index contributed by atoms with van der Waals surface area (Å²) in [5.41, 5.74) is 1.81. The molecule has 24 heavy (non-hydrogen) atoms. The first-order valence-electron chi connectivity index (χ1n) is 8.82. The number of fused-ring (bicyclic) bond motifs is 2. The van der Waals surface area contributed by atoms with Crippen LogP contribution in [0.1, 0.15) is 36.8 Å². The first kappa shape index (κ1) is 16.0. The van der Waals surface area contributed by atoms with Gasteiger partial charge in [0.1, 0.15) is 12.4 Å². The quantitative estimate of drug-likeness (QED) is 0.863. The van der Waals surface area contributed by atoms with Crippen molar-refractivity contribution in [1.82, 2.24) is 0 Å². The Morgan fingerprint density at radius 2 is 1.67 bits per heavy atom. The number of hydrogen-bond acceptors (Lipinski definition) is 3. The largest absolute Gasteiger partial charge is 0.489 e. The molecule has 3 heteroatoms. The van der Waals surface area contributed by atoms with E-state index in [1.165, 1.54) is 24.0 Å². The van der Waals surface area contributed by atoms with Gasteiger partial charge in [0.15, 0.2) is 0 Å². The van der Waals surface area contributed by atoms with E-state index in [-0.39, 0.29) is 0 Å². The van der Waals surface area contributed by atoms with Crippen molar-refractivity contribution in [3.8, 4) is 5.75 Å². The minimum absolute atomic E-state index is 0.533. The summed E-state index contributed by atoms with van der Waals surface area (Å²) in [4.78, 5) is 0. The van der Waals surface area contributed by atoms with Gasteiger partial charge in [0.2, 0.25) is 0 Å². The van der Waals surface area contributed by atoms with Crippen molar-refractivity contribution in [2.24, 2.45) is 0 Å². The van der Waals surface area contributed by atoms with E-state index in [0.29, 0.717) is 17.1 Å². The number of thioether (sulfide) groups is 1. The molecule has 126 valence electrons. The lowest BCUT2D eigenvalue weighted by molar-refractivity contribution is 0.0242. The van der Waals surface area contributed by atoms with Crippen LogP contribution in [0.15, 0.2) is 54.6 Å². The Bertz CT molecular complexity index is 673. The molecule has 2 nitrogen and oxygen atoms in total. The molecule has 0 aromatic heterocycles. The fourth-order valence-corrected chi connectivity index (χ4v) is 5.92. The maximum absolute atomic E-state index is 11.1. The molecule has 2 saturated heterocycles. The van der Waals surface area contributed by atoms with E-state index in [1.54, 1.807) is 0 Å². The summed E-state index contributed by atoms with van der Waals surface area (Å²) in [6, 6.07) is 18.4. The van der Waals surface area contributed by atoms with Gasteiger partial charge in [0.25, 0.3) is 0 Å². The maximum atomic E-state index is 11.1. The smallest absolute Gasteiger partial charge is 0.120 e. The van der Waals surface area contributed by atoms with Crippen LogP contribution < -0.4 is 4.74 Å². The van der Waals surface area contributed by atoms with Gasteiger partial charge < -0.3 is 9.84 Å². The zero-order chi connectivity index (χ0) is 16.4. The SMILES string of the molecule is OC1(Cc2cccc(OCc3ccccc3)c2)CC2CCC(C1)S2. The van der Waals surface area contributed by atoms with Crippen molar-refractivity contribution in [2.45, 2.75) is 54.8 Å². The molecule has 2 atom stereocenters. The van der Waals surface area contributed by atoms with Crippen LogP contribution >= 0.6 is 11.8 Å². The van der Waals surface area contributed by atoms with E-state index in [0.717, 1.165) is 25.0 Å². The molecule has 2 aliphatic rings. The molecule has 2 fully saturated rings. The van der Waals surface area contributed by atoms with Crippen LogP contribution in [0.25, 0.3) is 0 Å². The number of ether oxygens (including phenoxy) is 1. The highest BCUT2D eigenvalue weighted by molar-refractivity contribution is 8.00. The lowest BCUT2D eigenvalue weighted by Gasteiger charge is -2.36. The van der Waals surface area contributed by atoms with E-state index in [9.17, 15) is 5.11 Å². The standard InChI is InChI=1S/C21H24O2S/c22-21(13-19-9-10-20(14-21)24-19)12-17-7-4-8-18(11-17)23-15-16-5-2-1-3-6-16/h1-8,11,19-20,22H,9-10,12-15H2. The molecular weight excluding hydrogens is 316 g/mol. The van der Waals surface area contributed by atoms with Gasteiger partial charge in [0, 0.05) is 16.9 Å². The van der Waals surface area contributed by atoms with Crippen molar-refractivity contribution in [1.29, 1.82) is 0 Å². The Morgan fingerprint density at radius 3 is 2.42 bits per heavy atom. The van der Waals surface area contributed by atoms with Crippen LogP contribution in [-0.4, -0.2) is 21.2 Å². The predicted molar refractivity (Wildman–Crippen MR) is 99.5 cm³/mol. The van der Waals surface area contributed by atoms with Gasteiger partial charge >= 0.3 is 0 Å². The van der Waals surface area contributed by atoms with Gasteiger partial charge in [0.05, 0.1) is 5.60 Å². The Hall–Kier alpha value is -1.45. The average molecular weight is 340 g/mol. The van der Waals surface area contributed by atoms with Crippen LogP contribution in [-0.2, 0) is 13.0 Å². The maximum Gasteiger partial charge on any atom is 0.120 e. The van der Waals surface area contributed by atoms with E-state index < -0.39 is 5.60 Å². The van der Waals surface area contributed by atoms with Crippen molar-refractivity contribution < 1.29 is 9.84 Å². The lowest BCUT2D eigenvalue weighted by atomic mass is 9.87. The summed E-state index contributed by atoms with van der Waals surface area (Å²) in [6.07, 6.45) is 5.16. The minimum atomic E-state index is -0.533. The molecular formula is C21H24O2S. The fourth-order valence-electron chi connectivity index (χ4n) is 4.02. The molecule has 0 amide bonds. The van der Waals surface area contributed by atoms with Crippen molar-refractivity contribution in [3.63, 3.8) is 0 Å². The number of benzene rings is 2. The van der Waals surface area contributed by atoms with Crippen molar-refractivity contribution in [2.75, 3.05) is 0 Å². The third-order valence-electron chi connectivity index (χ3n) is 5.09. The van der Waals surface area contributed by atoms with E-state index in [4.69, 9.17) is 4.74 Å². The van der Waals surface area contributed by atoms with Gasteiger partial charge in [-0.05, 0) is 48.9 Å². The molecule has 2 unspecified atom stereocenters. The molecule has 0 aliphatic carbocycles. The molecule has 0 saturated carbocycles. The second kappa shape index (κ2) is 6.81. The van der Waals surface area contributed by atoms with E-state index in [2.05, 4.69) is 36.0 Å². The highest BCUT2D eigenvalue weighted by Crippen LogP contribution is 2.48. The number of rotatable bonds is 5. The van der Waals surface area contributed by atoms with Gasteiger partial charge in [-0.1, -0.05) is 42.5 Å². The molecule has 2 aliphatic heterocycles. The Balaban J connectivity index is 1.41. The normalized spacial score (nSPS) is 28.7. The molecule has 2 aromatic carbocycles. The van der Waals surface area contributed by atoms with Crippen molar-refractivity contribution >= 4 is 11.8 Å². The summed E-state index contributed by atoms with van der Waals surface area (Å²) in [6.45, 7) is 0.579. The Kier molecular flexibility index (Phi) is 4.55. The summed E-state index contributed by atoms with van der Waals surface area (Å²) >= 11 is 2.09. The Labute approximate surface area is 148 Å². The first-order valence-corrected chi connectivity index (χ1v) is 9.76. The number of hydrogen-bond donors (Lipinski definition) is 1. The highest BCUT2D eigenvalue weighted by atomic mass is 32.2. The van der Waals surface area contributed by atoms with Crippen LogP contribution in [0.2, 0.25) is 0 Å². The molecule has 2 heterocycles. The first-order chi connectivity index (χ1) is 11.7. The number of aliphatic hydroxyl groups is 1. The second-order valence-electron chi connectivity index (χ2n) is 7.19. The van der Waals surface area contributed by atoms with Crippen LogP contribution in [0.5, 0.6) is 5.75 Å². The average Bonchev–Trinajstić information content (AvgIpc) is 2.93. The fraction of sp³-hybridized carbons (Fsp3) is 0.429. The zero-order valence-corrected chi connectivity index (χ0v) is 14.7. The molecule has 0 radical (unpaired) electrons. The molecule has 0 spiro atoms. The van der Waals surface area contributed by atoms with Gasteiger partial charge in [-0.25, -0.2) is 0 Å². The van der Waals surface area contributed by atoms with Crippen molar-refractivity contribution in [3.05, 3.63) is 65.7 Å². The summed E-state index contributed by atoms with van der Waals surface area (Å²) in [5, 5.41) is 12.4. The van der Waals surface area contributed by atoms with Crippen LogP contribution in [0, 0.1) is 0 Å². The monoisotopic (exact) mass is 340 g/mol. The van der Waals surface area contributed by atoms with Crippen LogP contribution in [0.4, 0.5) is 0 Å². The molecule has 2 bridgehead atoms. The van der Waals surface area contributed by atoms with Gasteiger partial charge in [-0.3, -0.25) is 0 Å². The Morgan fingerprint density at radius 1 is 0.958 bits per heavy atom. The zero-order valence-electron chi connectivity index (χ0n) is 13.9. The minimum Gasteiger partial charge on any atom is -0.489 e. The summed E-state index contributed by atoms with van der Waals surface area (Å²) < 4.78 is 5.92. The lowest BCUT2D eigenvalue weighted by Crippen LogP contribution is -2.39. The topological polar surface area (TPSA) is 29.5 Å². The van der Waals surface area contributed by atoms with E-state index >= 15 is 0 Å². The third kappa shape index (κ3) is 3.79.